The molecule has 1 amide bonds. The van der Waals surface area contributed by atoms with E-state index in [0.717, 1.165) is 0 Å². The van der Waals surface area contributed by atoms with Gasteiger partial charge in [-0.1, -0.05) is 17.8 Å². The predicted molar refractivity (Wildman–Crippen MR) is 112 cm³/mol. The molecule has 0 aromatic carbocycles. The number of fused-ring (bicyclic) bond motifs is 1. The van der Waals surface area contributed by atoms with Crippen LogP contribution in [-0.4, -0.2) is 50.9 Å². The molecule has 4 N–H and O–H groups in total. The first-order chi connectivity index (χ1) is 13.7. The van der Waals surface area contributed by atoms with Crippen molar-refractivity contribution in [2.24, 2.45) is 27.4 Å². The number of aromatic nitrogens is 1. The molecule has 3 aliphatic rings. The lowest BCUT2D eigenvalue weighted by Gasteiger charge is -2.46. The number of hydrogen-bond donors (Lipinski definition) is 2. The average Bonchev–Trinajstić information content (AvgIpc) is 3.44. The van der Waals surface area contributed by atoms with Crippen molar-refractivity contribution in [1.82, 2.24) is 4.98 Å². The molecule has 1 fully saturated rings. The number of amidine groups is 1. The first-order valence-electron chi connectivity index (χ1n) is 9.07. The minimum absolute atomic E-state index is 0.0371. The molecule has 10 heteroatoms. The van der Waals surface area contributed by atoms with Crippen LogP contribution in [0.2, 0.25) is 0 Å². The van der Waals surface area contributed by atoms with Crippen LogP contribution in [0.1, 0.15) is 25.5 Å². The number of carbonyl (C=O) groups excluding carboxylic acids is 1. The van der Waals surface area contributed by atoms with Gasteiger partial charge in [-0.2, -0.15) is 0 Å². The molecule has 1 saturated carbocycles. The highest BCUT2D eigenvalue weighted by atomic mass is 35.5. The van der Waals surface area contributed by atoms with Crippen LogP contribution in [0, 0.1) is 5.92 Å². The number of rotatable bonds is 4. The Kier molecular flexibility index (Phi) is 4.66. The summed E-state index contributed by atoms with van der Waals surface area (Å²) in [5, 5.41) is 0.276. The van der Waals surface area contributed by atoms with E-state index in [-0.39, 0.29) is 29.1 Å². The number of nitrogens with two attached hydrogens (primary N) is 2. The van der Waals surface area contributed by atoms with Gasteiger partial charge in [0, 0.05) is 24.1 Å². The molecule has 154 valence electrons. The molecule has 1 aliphatic carbocycles. The minimum atomic E-state index is -1.29. The normalized spacial score (nSPS) is 36.1. The second-order valence-corrected chi connectivity index (χ2v) is 9.74. The van der Waals surface area contributed by atoms with Crippen LogP contribution in [0.3, 0.4) is 0 Å². The van der Waals surface area contributed by atoms with Crippen molar-refractivity contribution in [3.63, 3.8) is 0 Å². The first-order valence-corrected chi connectivity index (χ1v) is 10.3. The molecule has 0 spiro atoms. The summed E-state index contributed by atoms with van der Waals surface area (Å²) in [6.45, 7) is 1.31. The number of amides is 1. The summed E-state index contributed by atoms with van der Waals surface area (Å²) in [6, 6.07) is 5.31. The van der Waals surface area contributed by atoms with Gasteiger partial charge >= 0.3 is 0 Å². The molecule has 1 aromatic rings. The number of hydrogen-bond acceptors (Lipinski definition) is 7. The molecule has 2 aliphatic heterocycles. The van der Waals surface area contributed by atoms with Gasteiger partial charge in [0.2, 0.25) is 5.90 Å². The maximum atomic E-state index is 13.9. The average molecular weight is 438 g/mol. The fourth-order valence-electron chi connectivity index (χ4n) is 4.41. The van der Waals surface area contributed by atoms with Crippen molar-refractivity contribution >= 4 is 45.9 Å². The number of thioether (sulfide) groups is 1. The lowest BCUT2D eigenvalue weighted by molar-refractivity contribution is -0.114. The van der Waals surface area contributed by atoms with E-state index in [2.05, 4.69) is 15.0 Å². The van der Waals surface area contributed by atoms with Gasteiger partial charge in [0.1, 0.15) is 17.2 Å². The fraction of sp³-hybridized carbons (Fsp3) is 0.474. The zero-order valence-corrected chi connectivity index (χ0v) is 17.6. The van der Waals surface area contributed by atoms with E-state index >= 15 is 0 Å². The number of halogens is 2. The van der Waals surface area contributed by atoms with Gasteiger partial charge in [-0.25, -0.2) is 9.38 Å². The smallest absolute Gasteiger partial charge is 0.267 e. The quantitative estimate of drug-likeness (QED) is 0.701. The SMILES string of the molecule is COC1=NC(C(N)=O)=C(c2ccccn2)CC1(Cl)[C@@]1(C)N=C(N)S[C@@]2(CF)C[C@H]21. The van der Waals surface area contributed by atoms with Gasteiger partial charge in [0.05, 0.1) is 23.1 Å². The van der Waals surface area contributed by atoms with Crippen molar-refractivity contribution in [2.75, 3.05) is 13.8 Å². The Balaban J connectivity index is 1.88. The van der Waals surface area contributed by atoms with Crippen LogP contribution in [0.4, 0.5) is 4.39 Å². The summed E-state index contributed by atoms with van der Waals surface area (Å²) in [5.41, 5.74) is 11.7. The van der Waals surface area contributed by atoms with E-state index in [1.807, 2.05) is 6.92 Å². The van der Waals surface area contributed by atoms with E-state index in [4.69, 9.17) is 27.8 Å². The van der Waals surface area contributed by atoms with Crippen molar-refractivity contribution in [2.45, 2.75) is 34.9 Å². The highest BCUT2D eigenvalue weighted by Gasteiger charge is 2.73. The second-order valence-electron chi connectivity index (χ2n) is 7.66. The monoisotopic (exact) mass is 437 g/mol. The minimum Gasteiger partial charge on any atom is -0.483 e. The maximum absolute atomic E-state index is 13.9. The summed E-state index contributed by atoms with van der Waals surface area (Å²) in [5.74, 6) is -0.760. The largest absolute Gasteiger partial charge is 0.483 e. The third kappa shape index (κ3) is 2.85. The number of methoxy groups -OCH3 is 1. The van der Waals surface area contributed by atoms with Crippen LogP contribution in [0.15, 0.2) is 40.1 Å². The number of alkyl halides is 2. The van der Waals surface area contributed by atoms with Crippen LogP contribution in [0.25, 0.3) is 5.57 Å². The first kappa shape index (κ1) is 20.2. The molecule has 4 rings (SSSR count). The lowest BCUT2D eigenvalue weighted by atomic mass is 9.74. The van der Waals surface area contributed by atoms with Crippen LogP contribution in [0.5, 0.6) is 0 Å². The molecule has 7 nitrogen and oxygen atoms in total. The van der Waals surface area contributed by atoms with Gasteiger partial charge in [-0.3, -0.25) is 14.8 Å². The highest BCUT2D eigenvalue weighted by molar-refractivity contribution is 8.15. The summed E-state index contributed by atoms with van der Waals surface area (Å²) in [6.07, 6.45) is 2.33. The molecule has 0 bridgehead atoms. The molecule has 29 heavy (non-hydrogen) atoms. The van der Waals surface area contributed by atoms with Crippen LogP contribution >= 0.6 is 23.4 Å². The number of aliphatic imine (C=N–C) groups is 2. The summed E-state index contributed by atoms with van der Waals surface area (Å²) in [7, 11) is 1.42. The summed E-state index contributed by atoms with van der Waals surface area (Å²) < 4.78 is 18.8. The van der Waals surface area contributed by atoms with Gasteiger partial charge in [-0.15, -0.1) is 11.6 Å². The molecule has 1 aromatic heterocycles. The third-order valence-corrected chi connectivity index (χ3v) is 7.99. The van der Waals surface area contributed by atoms with Crippen molar-refractivity contribution in [1.29, 1.82) is 0 Å². The van der Waals surface area contributed by atoms with Crippen LogP contribution < -0.4 is 11.5 Å². The standard InChI is InChI=1S/C19H21ClFN5O2S/c1-17(12-8-18(12,9-21)29-16(23)26-17)19(20)7-10(11-5-3-4-6-24-11)13(14(22)27)25-15(19)28-2/h3-6,12H,7-9H2,1-2H3,(H2,22,27)(H2,23,26)/t12-,17-,18+,19?/m0/s1. The maximum Gasteiger partial charge on any atom is 0.267 e. The van der Waals surface area contributed by atoms with Gasteiger partial charge in [-0.05, 0) is 25.5 Å². The van der Waals surface area contributed by atoms with E-state index in [1.165, 1.54) is 18.9 Å². The Morgan fingerprint density at radius 2 is 2.24 bits per heavy atom. The molecule has 3 heterocycles. The zero-order chi connectivity index (χ0) is 21.0. The van der Waals surface area contributed by atoms with Gasteiger partial charge in [0.15, 0.2) is 5.17 Å². The number of ether oxygens (including phenoxy) is 1. The molecule has 0 saturated heterocycles. The fourth-order valence-corrected chi connectivity index (χ4v) is 6.16. The Morgan fingerprint density at radius 3 is 2.83 bits per heavy atom. The van der Waals surface area contributed by atoms with E-state index in [0.29, 0.717) is 17.7 Å². The number of nitrogens with zero attached hydrogens (tertiary/aromatic N) is 3. The van der Waals surface area contributed by atoms with Gasteiger partial charge < -0.3 is 16.2 Å². The van der Waals surface area contributed by atoms with Crippen molar-refractivity contribution in [3.8, 4) is 0 Å². The van der Waals surface area contributed by atoms with E-state index in [1.54, 1.807) is 24.4 Å². The Bertz CT molecular complexity index is 971. The summed E-state index contributed by atoms with van der Waals surface area (Å²) >= 11 is 8.47. The Labute approximate surface area is 176 Å². The Morgan fingerprint density at radius 1 is 1.48 bits per heavy atom. The van der Waals surface area contributed by atoms with E-state index in [9.17, 15) is 9.18 Å². The molecule has 4 atom stereocenters. The highest BCUT2D eigenvalue weighted by Crippen LogP contribution is 2.67. The lowest BCUT2D eigenvalue weighted by Crippen LogP contribution is -2.59. The van der Waals surface area contributed by atoms with Crippen molar-refractivity contribution in [3.05, 3.63) is 35.8 Å². The topological polar surface area (TPSA) is 116 Å². The number of pyridine rings is 1. The van der Waals surface area contributed by atoms with E-state index < -0.39 is 27.7 Å². The second kappa shape index (κ2) is 6.70. The Hall–Kier alpha value is -2.13. The zero-order valence-electron chi connectivity index (χ0n) is 16.0. The molecular formula is C19H21ClFN5O2S. The molecule has 0 radical (unpaired) electrons. The number of primary amides is 1. The third-order valence-electron chi connectivity index (χ3n) is 6.04. The predicted octanol–water partition coefficient (Wildman–Crippen LogP) is 2.25. The molecular weight excluding hydrogens is 417 g/mol. The number of allylic oxidation sites excluding steroid dienone is 1. The van der Waals surface area contributed by atoms with Crippen molar-refractivity contribution < 1.29 is 13.9 Å². The molecule has 1 unspecified atom stereocenters. The summed E-state index contributed by atoms with van der Waals surface area (Å²) in [4.78, 5) is 24.2. The van der Waals surface area contributed by atoms with Gasteiger partial charge in [0.25, 0.3) is 5.91 Å². The van der Waals surface area contributed by atoms with Crippen LogP contribution in [-0.2, 0) is 9.53 Å². The number of carbonyl (C=O) groups is 1.